The van der Waals surface area contributed by atoms with Crippen molar-refractivity contribution in [1.82, 2.24) is 14.8 Å². The molecule has 15 heteroatoms. The normalized spacial score (nSPS) is 29.3. The van der Waals surface area contributed by atoms with E-state index in [0.29, 0.717) is 11.1 Å². The number of hydrogen-bond donors (Lipinski definition) is 4. The largest absolute Gasteiger partial charge is 0.507 e. The van der Waals surface area contributed by atoms with E-state index in [-0.39, 0.29) is 41.3 Å². The number of primary amides is 1. The molecule has 2 aromatic rings. The number of likely N-dealkylation sites (N-methyl/N-ethyl adjacent to an activating group) is 1. The van der Waals surface area contributed by atoms with Gasteiger partial charge in [0.25, 0.3) is 0 Å². The first-order valence-corrected chi connectivity index (χ1v) is 14.6. The number of nitrogens with one attached hydrogen (secondary N) is 1. The number of hydrogen-bond acceptors (Lipinski definition) is 12. The molecule has 0 radical (unpaired) electrons. The number of carbonyl (C=O) groups is 5. The van der Waals surface area contributed by atoms with E-state index < -0.39 is 80.1 Å². The second kappa shape index (κ2) is 9.90. The lowest BCUT2D eigenvalue weighted by Gasteiger charge is -2.52. The van der Waals surface area contributed by atoms with Crippen molar-refractivity contribution in [3.63, 3.8) is 0 Å². The third-order valence-electron chi connectivity index (χ3n) is 8.73. The average molecular weight is 603 g/mol. The zero-order valence-corrected chi connectivity index (χ0v) is 24.0. The third-order valence-corrected chi connectivity index (χ3v) is 10.4. The van der Waals surface area contributed by atoms with Crippen LogP contribution in [0.2, 0.25) is 0 Å². The summed E-state index contributed by atoms with van der Waals surface area (Å²) >= 11 is 0. The van der Waals surface area contributed by atoms with Gasteiger partial charge in [-0.2, -0.15) is 0 Å². The van der Waals surface area contributed by atoms with Gasteiger partial charge in [0, 0.05) is 12.5 Å². The number of aryl methyl sites for hydroxylation is 2. The Morgan fingerprint density at radius 2 is 1.86 bits per heavy atom. The van der Waals surface area contributed by atoms with Crippen LogP contribution in [0, 0.1) is 37.5 Å². The highest BCUT2D eigenvalue weighted by Crippen LogP contribution is 2.51. The van der Waals surface area contributed by atoms with Gasteiger partial charge in [0.1, 0.15) is 16.3 Å². The number of amides is 1. The highest BCUT2D eigenvalue weighted by Gasteiger charge is 2.69. The van der Waals surface area contributed by atoms with Crippen molar-refractivity contribution in [3.05, 3.63) is 40.3 Å². The minimum absolute atomic E-state index is 0.00260. The summed E-state index contributed by atoms with van der Waals surface area (Å²) in [7, 11) is -1.09. The number of benzene rings is 1. The summed E-state index contributed by atoms with van der Waals surface area (Å²) in [4.78, 5) is 67.6. The van der Waals surface area contributed by atoms with Crippen LogP contribution in [0.15, 0.2) is 21.6 Å². The Labute approximate surface area is 240 Å². The van der Waals surface area contributed by atoms with Gasteiger partial charge in [-0.3, -0.25) is 28.9 Å². The molecule has 1 heterocycles. The van der Waals surface area contributed by atoms with Crippen LogP contribution < -0.4 is 10.5 Å². The van der Waals surface area contributed by atoms with Gasteiger partial charge in [-0.25, -0.2) is 13.1 Å². The van der Waals surface area contributed by atoms with Crippen molar-refractivity contribution in [3.8, 4) is 5.75 Å². The lowest BCUT2D eigenvalue weighted by atomic mass is 9.52. The summed E-state index contributed by atoms with van der Waals surface area (Å²) in [5, 5.41) is 26.0. The molecule has 2 saturated carbocycles. The number of Topliss-reactive ketones (excluding diaryl/α,β-unsaturated/α-hetero) is 4. The molecule has 2 fully saturated rings. The summed E-state index contributed by atoms with van der Waals surface area (Å²) in [6.45, 7) is 2.64. The lowest BCUT2D eigenvalue weighted by Crippen LogP contribution is -2.74. The summed E-state index contributed by atoms with van der Waals surface area (Å²) in [6, 6.07) is 1.42. The van der Waals surface area contributed by atoms with E-state index >= 15 is 0 Å². The van der Waals surface area contributed by atoms with E-state index in [2.05, 4.69) is 9.88 Å². The number of carbonyl (C=O) groups excluding carboxylic acids is 5. The first-order chi connectivity index (χ1) is 19.5. The highest BCUT2D eigenvalue weighted by atomic mass is 32.2. The molecule has 0 aliphatic heterocycles. The summed E-state index contributed by atoms with van der Waals surface area (Å²) in [5.41, 5.74) is 3.08. The van der Waals surface area contributed by atoms with Crippen LogP contribution in [0.1, 0.15) is 39.4 Å². The fourth-order valence-electron chi connectivity index (χ4n) is 6.94. The van der Waals surface area contributed by atoms with Crippen molar-refractivity contribution >= 4 is 39.1 Å². The predicted octanol–water partition coefficient (Wildman–Crippen LogP) is -1.05. The maximum Gasteiger partial charge on any atom is 0.246 e. The van der Waals surface area contributed by atoms with Crippen molar-refractivity contribution in [2.24, 2.45) is 29.4 Å². The smallest absolute Gasteiger partial charge is 0.246 e. The third kappa shape index (κ3) is 4.13. The fraction of sp³-hybridized carbons (Fsp3) is 0.481. The number of aliphatic hydroxyl groups is 1. The number of aromatic hydroxyl groups is 1. The predicted molar refractivity (Wildman–Crippen MR) is 141 cm³/mol. The molecule has 1 aromatic carbocycles. The lowest BCUT2D eigenvalue weighted by molar-refractivity contribution is -0.181. The van der Waals surface area contributed by atoms with Gasteiger partial charge in [0.05, 0.1) is 17.5 Å². The molecule has 1 amide bonds. The first-order valence-electron chi connectivity index (χ1n) is 13.1. The number of nitrogens with zero attached hydrogens (tertiary/aromatic N) is 2. The molecule has 0 saturated heterocycles. The molecule has 3 aliphatic carbocycles. The molecule has 224 valence electrons. The second-order valence-corrected chi connectivity index (χ2v) is 13.1. The number of fused-ring (bicyclic) bond motifs is 3. The van der Waals surface area contributed by atoms with Crippen molar-refractivity contribution in [1.29, 1.82) is 0 Å². The Bertz CT molecular complexity index is 1660. The van der Waals surface area contributed by atoms with Gasteiger partial charge >= 0.3 is 0 Å². The zero-order valence-electron chi connectivity index (χ0n) is 23.2. The van der Waals surface area contributed by atoms with Gasteiger partial charge in [-0.1, -0.05) is 11.2 Å². The molecule has 6 atom stereocenters. The van der Waals surface area contributed by atoms with Crippen molar-refractivity contribution in [2.45, 2.75) is 49.8 Å². The molecule has 1 aromatic heterocycles. The van der Waals surface area contributed by atoms with E-state index in [9.17, 15) is 42.6 Å². The molecule has 14 nitrogen and oxygen atoms in total. The maximum absolute atomic E-state index is 13.9. The Hall–Kier alpha value is -3.79. The maximum atomic E-state index is 13.9. The number of sulfonamides is 1. The zero-order chi connectivity index (χ0) is 31.0. The van der Waals surface area contributed by atoms with Crippen molar-refractivity contribution < 1.29 is 47.1 Å². The molecule has 5 N–H and O–H groups in total. The number of phenols is 1. The molecule has 2 unspecified atom stereocenters. The highest BCUT2D eigenvalue weighted by molar-refractivity contribution is 7.89. The molecule has 42 heavy (non-hydrogen) atoms. The summed E-state index contributed by atoms with van der Waals surface area (Å²) < 4.78 is 33.4. The van der Waals surface area contributed by atoms with Crippen LogP contribution in [0.5, 0.6) is 5.75 Å². The van der Waals surface area contributed by atoms with Crippen LogP contribution in [-0.2, 0) is 42.2 Å². The Morgan fingerprint density at radius 1 is 1.19 bits per heavy atom. The molecule has 5 rings (SSSR count). The van der Waals surface area contributed by atoms with Gasteiger partial charge in [-0.05, 0) is 63.9 Å². The van der Waals surface area contributed by atoms with Crippen LogP contribution in [0.25, 0.3) is 0 Å². The Kier molecular flexibility index (Phi) is 7.00. The van der Waals surface area contributed by atoms with Gasteiger partial charge < -0.3 is 20.5 Å². The standard InChI is InChI=1S/C27H30N4O10S/c1-10-23(11(2)41-30-10)42(39,40)29-9-12-5-6-16(32)18-14(12)7-13-8-15-20(31(3)4)22(34)19(26(28)37)25(36)27(15,38)24(35)17(13)21(18)33/h5-6,13,15,17,19-20,29,32,38H,7-9H2,1-4H3,(H2,28,37)/t13-,15-,17?,19?,20-,27-/m1/s1. The van der Waals surface area contributed by atoms with Gasteiger partial charge in [0.15, 0.2) is 40.4 Å². The first kappa shape index (κ1) is 29.7. The van der Waals surface area contributed by atoms with Crippen molar-refractivity contribution in [2.75, 3.05) is 14.1 Å². The summed E-state index contributed by atoms with van der Waals surface area (Å²) in [5.74, 6) is -11.6. The van der Waals surface area contributed by atoms with E-state index in [1.165, 1.54) is 45.0 Å². The second-order valence-electron chi connectivity index (χ2n) is 11.4. The molecule has 0 bridgehead atoms. The summed E-state index contributed by atoms with van der Waals surface area (Å²) in [6.07, 6.45) is -0.119. The average Bonchev–Trinajstić information content (AvgIpc) is 3.23. The van der Waals surface area contributed by atoms with Crippen LogP contribution in [-0.4, -0.2) is 83.5 Å². The number of nitrogens with two attached hydrogens (primary N) is 1. The number of ketones is 4. The van der Waals surface area contributed by atoms with Crippen LogP contribution in [0.3, 0.4) is 0 Å². The minimum atomic E-state index is -4.08. The van der Waals surface area contributed by atoms with E-state index in [4.69, 9.17) is 10.3 Å². The molecular formula is C27H30N4O10S. The fourth-order valence-corrected chi connectivity index (χ4v) is 8.27. The number of aromatic nitrogens is 1. The molecular weight excluding hydrogens is 572 g/mol. The van der Waals surface area contributed by atoms with E-state index in [0.717, 1.165) is 0 Å². The number of phenolic OH excluding ortho intramolecular Hbond substituents is 1. The molecule has 3 aliphatic rings. The SMILES string of the molecule is Cc1noc(C)c1S(=O)(=O)NCc1ccc(O)c2c1C[C@@H]1C[C@@H]3[C@@H](N(C)C)C(=O)C(C(N)=O)C(=O)[C@]3(O)C(=O)C1C2=O. The Balaban J connectivity index is 1.55. The monoisotopic (exact) mass is 602 g/mol. The van der Waals surface area contributed by atoms with Crippen LogP contribution in [0.4, 0.5) is 0 Å². The Morgan fingerprint density at radius 3 is 2.43 bits per heavy atom. The minimum Gasteiger partial charge on any atom is -0.507 e. The number of rotatable bonds is 6. The van der Waals surface area contributed by atoms with Crippen LogP contribution >= 0.6 is 0 Å². The van der Waals surface area contributed by atoms with E-state index in [1.807, 2.05) is 0 Å². The molecule has 0 spiro atoms. The van der Waals surface area contributed by atoms with Gasteiger partial charge in [0.2, 0.25) is 15.9 Å². The topological polar surface area (TPSA) is 227 Å². The van der Waals surface area contributed by atoms with Gasteiger partial charge in [-0.15, -0.1) is 0 Å². The van der Waals surface area contributed by atoms with E-state index in [1.54, 1.807) is 0 Å². The quantitative estimate of drug-likeness (QED) is 0.291.